The van der Waals surface area contributed by atoms with Crippen molar-refractivity contribution in [3.8, 4) is 17.6 Å². The van der Waals surface area contributed by atoms with Crippen molar-refractivity contribution in [3.63, 3.8) is 0 Å². The van der Waals surface area contributed by atoms with E-state index in [1.807, 2.05) is 12.1 Å². The minimum absolute atomic E-state index is 0.623. The van der Waals surface area contributed by atoms with Crippen LogP contribution in [0.15, 0.2) is 18.2 Å². The van der Waals surface area contributed by atoms with Crippen molar-refractivity contribution in [3.05, 3.63) is 23.8 Å². The van der Waals surface area contributed by atoms with Gasteiger partial charge in [0.05, 0.1) is 18.4 Å². The fraction of sp³-hybridized carbons (Fsp3) is 0.200. The molecular formula is C10H11NO. The SMILES string of the molecule is CC#Cc1cccc(N)c1OC. The van der Waals surface area contributed by atoms with Crippen molar-refractivity contribution >= 4 is 5.69 Å². The van der Waals surface area contributed by atoms with E-state index in [4.69, 9.17) is 10.5 Å². The first-order chi connectivity index (χ1) is 5.79. The summed E-state index contributed by atoms with van der Waals surface area (Å²) in [5.74, 6) is 6.37. The minimum atomic E-state index is 0.623. The van der Waals surface area contributed by atoms with E-state index < -0.39 is 0 Å². The molecule has 62 valence electrons. The molecule has 1 aromatic rings. The van der Waals surface area contributed by atoms with Crippen LogP contribution in [-0.4, -0.2) is 7.11 Å². The van der Waals surface area contributed by atoms with Crippen LogP contribution in [0.5, 0.6) is 5.75 Å². The Labute approximate surface area is 72.3 Å². The molecule has 2 N–H and O–H groups in total. The summed E-state index contributed by atoms with van der Waals surface area (Å²) in [6.07, 6.45) is 0. The van der Waals surface area contributed by atoms with E-state index in [-0.39, 0.29) is 0 Å². The van der Waals surface area contributed by atoms with Gasteiger partial charge in [0.15, 0.2) is 5.75 Å². The summed E-state index contributed by atoms with van der Waals surface area (Å²) in [6.45, 7) is 1.78. The smallest absolute Gasteiger partial charge is 0.157 e. The van der Waals surface area contributed by atoms with E-state index in [9.17, 15) is 0 Å². The lowest BCUT2D eigenvalue weighted by Crippen LogP contribution is -1.94. The van der Waals surface area contributed by atoms with Gasteiger partial charge in [-0.2, -0.15) is 0 Å². The number of hydrogen-bond donors (Lipinski definition) is 1. The zero-order valence-corrected chi connectivity index (χ0v) is 7.22. The first-order valence-electron chi connectivity index (χ1n) is 3.65. The molecule has 0 spiro atoms. The highest BCUT2D eigenvalue weighted by atomic mass is 16.5. The molecule has 1 rings (SSSR count). The molecule has 1 aromatic carbocycles. The molecule has 0 heterocycles. The van der Waals surface area contributed by atoms with E-state index in [0.717, 1.165) is 5.56 Å². The monoisotopic (exact) mass is 161 g/mol. The summed E-state index contributed by atoms with van der Waals surface area (Å²) in [6, 6.07) is 5.53. The Morgan fingerprint density at radius 3 is 2.75 bits per heavy atom. The highest BCUT2D eigenvalue weighted by molar-refractivity contribution is 5.61. The second-order valence-electron chi connectivity index (χ2n) is 2.30. The van der Waals surface area contributed by atoms with Gasteiger partial charge in [0, 0.05) is 0 Å². The van der Waals surface area contributed by atoms with E-state index in [1.54, 1.807) is 20.1 Å². The number of ether oxygens (including phenoxy) is 1. The molecule has 0 radical (unpaired) electrons. The Balaban J connectivity index is 3.24. The third kappa shape index (κ3) is 1.51. The van der Waals surface area contributed by atoms with Crippen molar-refractivity contribution in [1.29, 1.82) is 0 Å². The molecule has 2 nitrogen and oxygen atoms in total. The molecule has 0 aliphatic heterocycles. The fourth-order valence-corrected chi connectivity index (χ4v) is 1.02. The zero-order chi connectivity index (χ0) is 8.97. The van der Waals surface area contributed by atoms with E-state index in [0.29, 0.717) is 11.4 Å². The molecule has 0 aromatic heterocycles. The standard InChI is InChI=1S/C10H11NO/c1-3-5-8-6-4-7-9(11)10(8)12-2/h4,6-7H,11H2,1-2H3. The molecule has 0 saturated heterocycles. The largest absolute Gasteiger partial charge is 0.493 e. The Bertz CT molecular complexity index is 333. The summed E-state index contributed by atoms with van der Waals surface area (Å²) in [4.78, 5) is 0. The number of anilines is 1. The molecule has 12 heavy (non-hydrogen) atoms. The highest BCUT2D eigenvalue weighted by Crippen LogP contribution is 2.24. The Morgan fingerprint density at radius 2 is 2.17 bits per heavy atom. The van der Waals surface area contributed by atoms with E-state index in [2.05, 4.69) is 11.8 Å². The first kappa shape index (κ1) is 8.48. The number of nitrogen functional groups attached to an aromatic ring is 1. The van der Waals surface area contributed by atoms with E-state index in [1.165, 1.54) is 0 Å². The van der Waals surface area contributed by atoms with Gasteiger partial charge in [-0.05, 0) is 19.1 Å². The number of rotatable bonds is 1. The van der Waals surface area contributed by atoms with Gasteiger partial charge in [-0.1, -0.05) is 12.0 Å². The van der Waals surface area contributed by atoms with Gasteiger partial charge in [-0.3, -0.25) is 0 Å². The normalized spacial score (nSPS) is 8.50. The zero-order valence-electron chi connectivity index (χ0n) is 7.22. The quantitative estimate of drug-likeness (QED) is 0.502. The predicted molar refractivity (Wildman–Crippen MR) is 50.0 cm³/mol. The molecule has 0 bridgehead atoms. The van der Waals surface area contributed by atoms with Gasteiger partial charge in [-0.15, -0.1) is 5.92 Å². The van der Waals surface area contributed by atoms with Gasteiger partial charge >= 0.3 is 0 Å². The molecule has 0 atom stereocenters. The molecule has 0 saturated carbocycles. The predicted octanol–water partition coefficient (Wildman–Crippen LogP) is 1.65. The van der Waals surface area contributed by atoms with Gasteiger partial charge in [0.2, 0.25) is 0 Å². The number of nitrogens with two attached hydrogens (primary N) is 1. The number of hydrogen-bond acceptors (Lipinski definition) is 2. The summed E-state index contributed by atoms with van der Waals surface area (Å²) >= 11 is 0. The number of benzene rings is 1. The summed E-state index contributed by atoms with van der Waals surface area (Å²) < 4.78 is 5.10. The average Bonchev–Trinajstić information content (AvgIpc) is 2.05. The van der Waals surface area contributed by atoms with Crippen LogP contribution in [0.25, 0.3) is 0 Å². The summed E-state index contributed by atoms with van der Waals surface area (Å²) in [7, 11) is 1.59. The van der Waals surface area contributed by atoms with Crippen molar-refractivity contribution in [2.24, 2.45) is 0 Å². The van der Waals surface area contributed by atoms with Gasteiger partial charge < -0.3 is 10.5 Å². The maximum Gasteiger partial charge on any atom is 0.157 e. The molecule has 0 amide bonds. The Kier molecular flexibility index (Phi) is 2.60. The summed E-state index contributed by atoms with van der Waals surface area (Å²) in [5, 5.41) is 0. The van der Waals surface area contributed by atoms with Crippen LogP contribution in [0.3, 0.4) is 0 Å². The van der Waals surface area contributed by atoms with Crippen LogP contribution < -0.4 is 10.5 Å². The van der Waals surface area contributed by atoms with Crippen LogP contribution in [0.1, 0.15) is 12.5 Å². The molecular weight excluding hydrogens is 150 g/mol. The van der Waals surface area contributed by atoms with Crippen LogP contribution in [0.4, 0.5) is 5.69 Å². The summed E-state index contributed by atoms with van der Waals surface area (Å²) in [5.41, 5.74) is 7.13. The maximum absolute atomic E-state index is 5.67. The van der Waals surface area contributed by atoms with Crippen LogP contribution >= 0.6 is 0 Å². The molecule has 0 fully saturated rings. The second-order valence-corrected chi connectivity index (χ2v) is 2.30. The third-order valence-corrected chi connectivity index (χ3v) is 1.51. The third-order valence-electron chi connectivity index (χ3n) is 1.51. The molecule has 2 heteroatoms. The lowest BCUT2D eigenvalue weighted by atomic mass is 10.2. The van der Waals surface area contributed by atoms with E-state index >= 15 is 0 Å². The molecule has 0 aliphatic carbocycles. The van der Waals surface area contributed by atoms with Gasteiger partial charge in [-0.25, -0.2) is 0 Å². The fourth-order valence-electron chi connectivity index (χ4n) is 1.02. The van der Waals surface area contributed by atoms with Crippen molar-refractivity contribution in [2.75, 3.05) is 12.8 Å². The lowest BCUT2D eigenvalue weighted by molar-refractivity contribution is 0.416. The highest BCUT2D eigenvalue weighted by Gasteiger charge is 2.02. The second kappa shape index (κ2) is 3.68. The van der Waals surface area contributed by atoms with Crippen molar-refractivity contribution in [1.82, 2.24) is 0 Å². The van der Waals surface area contributed by atoms with Gasteiger partial charge in [0.1, 0.15) is 0 Å². The van der Waals surface area contributed by atoms with Crippen LogP contribution in [-0.2, 0) is 0 Å². The van der Waals surface area contributed by atoms with Crippen molar-refractivity contribution in [2.45, 2.75) is 6.92 Å². The first-order valence-corrected chi connectivity index (χ1v) is 3.65. The van der Waals surface area contributed by atoms with Gasteiger partial charge in [0.25, 0.3) is 0 Å². The number of para-hydroxylation sites is 1. The lowest BCUT2D eigenvalue weighted by Gasteiger charge is -2.05. The average molecular weight is 161 g/mol. The van der Waals surface area contributed by atoms with Crippen molar-refractivity contribution < 1.29 is 4.74 Å². The molecule has 0 unspecified atom stereocenters. The number of methoxy groups -OCH3 is 1. The Hall–Kier alpha value is -1.62. The molecule has 0 aliphatic rings. The van der Waals surface area contributed by atoms with Crippen LogP contribution in [0.2, 0.25) is 0 Å². The minimum Gasteiger partial charge on any atom is -0.493 e. The maximum atomic E-state index is 5.67. The van der Waals surface area contributed by atoms with Crippen LogP contribution in [0, 0.1) is 11.8 Å². The topological polar surface area (TPSA) is 35.2 Å². The Morgan fingerprint density at radius 1 is 1.42 bits per heavy atom.